The quantitative estimate of drug-likeness (QED) is 0.436. The van der Waals surface area contributed by atoms with Crippen LogP contribution in [0.1, 0.15) is 50.9 Å². The summed E-state index contributed by atoms with van der Waals surface area (Å²) in [6.45, 7) is 5.66. The minimum absolute atomic E-state index is 0.0646. The van der Waals surface area contributed by atoms with Gasteiger partial charge in [-0.25, -0.2) is 0 Å². The number of hydrogen-bond acceptors (Lipinski definition) is 6. The summed E-state index contributed by atoms with van der Waals surface area (Å²) in [7, 11) is -2.68. The molecule has 0 bridgehead atoms. The van der Waals surface area contributed by atoms with Crippen molar-refractivity contribution in [2.45, 2.75) is 70.6 Å². The normalized spacial score (nSPS) is 24.6. The van der Waals surface area contributed by atoms with Crippen LogP contribution in [0.2, 0.25) is 0 Å². The zero-order valence-corrected chi connectivity index (χ0v) is 21.0. The van der Waals surface area contributed by atoms with Crippen molar-refractivity contribution in [2.75, 3.05) is 11.5 Å². The van der Waals surface area contributed by atoms with E-state index in [0.717, 1.165) is 17.5 Å². The Morgan fingerprint density at radius 1 is 1.33 bits per heavy atom. The first-order chi connectivity index (χ1) is 16.7. The van der Waals surface area contributed by atoms with E-state index in [-0.39, 0.29) is 29.4 Å². The van der Waals surface area contributed by atoms with Crippen molar-refractivity contribution in [3.05, 3.63) is 29.7 Å². The Kier molecular flexibility index (Phi) is 7.03. The van der Waals surface area contributed by atoms with E-state index in [1.54, 1.807) is 4.68 Å². The summed E-state index contributed by atoms with van der Waals surface area (Å²) in [5.74, 6) is -0.619. The third-order valence-corrected chi connectivity index (χ3v) is 8.57. The van der Waals surface area contributed by atoms with Crippen LogP contribution in [0.4, 0.5) is 17.6 Å². The fourth-order valence-electron chi connectivity index (χ4n) is 4.87. The Bertz CT molecular complexity index is 1140. The van der Waals surface area contributed by atoms with Crippen LogP contribution in [0.15, 0.2) is 18.5 Å². The molecule has 2 aromatic rings. The van der Waals surface area contributed by atoms with E-state index in [9.17, 15) is 31.5 Å². The minimum Gasteiger partial charge on any atom is -0.427 e. The van der Waals surface area contributed by atoms with Crippen LogP contribution in [0.25, 0.3) is 11.3 Å². The molecule has 36 heavy (non-hydrogen) atoms. The van der Waals surface area contributed by atoms with Gasteiger partial charge in [-0.1, -0.05) is 0 Å². The molecule has 1 saturated heterocycles. The van der Waals surface area contributed by atoms with Gasteiger partial charge in [-0.05, 0) is 46.1 Å². The molecular weight excluding hydrogens is 504 g/mol. The summed E-state index contributed by atoms with van der Waals surface area (Å²) in [5, 5.41) is 7.67. The lowest BCUT2D eigenvalue weighted by atomic mass is 9.84. The Balaban J connectivity index is 1.58. The van der Waals surface area contributed by atoms with Gasteiger partial charge in [-0.15, -0.1) is 0 Å². The first-order valence-electron chi connectivity index (χ1n) is 11.7. The van der Waals surface area contributed by atoms with Crippen LogP contribution >= 0.6 is 10.6 Å². The lowest BCUT2D eigenvalue weighted by Crippen LogP contribution is -2.49. The van der Waals surface area contributed by atoms with Crippen molar-refractivity contribution < 1.29 is 36.2 Å². The summed E-state index contributed by atoms with van der Waals surface area (Å²) >= 11 is 0. The van der Waals surface area contributed by atoms with Crippen molar-refractivity contribution in [2.24, 2.45) is 5.92 Å². The van der Waals surface area contributed by atoms with Crippen molar-refractivity contribution in [1.29, 1.82) is 0 Å². The van der Waals surface area contributed by atoms with Crippen LogP contribution in [0.5, 0.6) is 5.75 Å². The van der Waals surface area contributed by atoms with Crippen LogP contribution < -0.4 is 10.1 Å². The maximum atomic E-state index is 13.4. The second kappa shape index (κ2) is 9.49. The Labute approximate surface area is 207 Å². The van der Waals surface area contributed by atoms with E-state index in [2.05, 4.69) is 20.1 Å². The van der Waals surface area contributed by atoms with Gasteiger partial charge in [-0.3, -0.25) is 23.6 Å². The molecule has 0 radical (unpaired) electrons. The number of nitrogens with one attached hydrogen (secondary N) is 1. The minimum atomic E-state index is -4.65. The van der Waals surface area contributed by atoms with E-state index in [0.29, 0.717) is 36.9 Å². The van der Waals surface area contributed by atoms with Crippen molar-refractivity contribution in [1.82, 2.24) is 20.1 Å². The molecule has 4 rings (SSSR count). The molecule has 0 saturated carbocycles. The van der Waals surface area contributed by atoms with Gasteiger partial charge in [0.2, 0.25) is 5.91 Å². The summed E-state index contributed by atoms with van der Waals surface area (Å²) in [6.07, 6.45) is -4.43. The zero-order valence-electron chi connectivity index (χ0n) is 20.2. The van der Waals surface area contributed by atoms with Crippen LogP contribution in [-0.2, 0) is 17.6 Å². The number of fused-ring (bicyclic) bond motifs is 1. The van der Waals surface area contributed by atoms with E-state index in [1.165, 1.54) is 12.3 Å². The highest BCUT2D eigenvalue weighted by Gasteiger charge is 2.44. The first kappa shape index (κ1) is 26.7. The number of halogens is 4. The largest absolute Gasteiger partial charge is 0.461 e. The van der Waals surface area contributed by atoms with E-state index in [1.807, 2.05) is 20.8 Å². The van der Waals surface area contributed by atoms with Gasteiger partial charge in [0.25, 0.3) is 0 Å². The van der Waals surface area contributed by atoms with Gasteiger partial charge < -0.3 is 10.1 Å². The molecule has 2 aliphatic rings. The van der Waals surface area contributed by atoms with E-state index < -0.39 is 34.4 Å². The summed E-state index contributed by atoms with van der Waals surface area (Å²) in [4.78, 5) is 17.0. The number of alkyl halides is 4. The van der Waals surface area contributed by atoms with E-state index >= 15 is 0 Å². The predicted molar refractivity (Wildman–Crippen MR) is 127 cm³/mol. The van der Waals surface area contributed by atoms with Crippen LogP contribution in [-0.4, -0.2) is 59.4 Å². The van der Waals surface area contributed by atoms with E-state index in [4.69, 9.17) is 0 Å². The molecular formula is C23H30F4N4O4S. The number of rotatable bonds is 7. The second-order valence-electron chi connectivity index (χ2n) is 10.1. The Morgan fingerprint density at radius 3 is 2.67 bits per heavy atom. The Hall–Kier alpha value is -2.38. The summed E-state index contributed by atoms with van der Waals surface area (Å²) in [5.41, 5.74) is 1.82. The van der Waals surface area contributed by atoms with Crippen LogP contribution in [0, 0.1) is 5.92 Å². The molecule has 0 spiro atoms. The number of pyridine rings is 1. The molecule has 1 aliphatic heterocycles. The van der Waals surface area contributed by atoms with Gasteiger partial charge in [-0.2, -0.15) is 33.3 Å². The molecule has 2 unspecified atom stereocenters. The lowest BCUT2D eigenvalue weighted by molar-refractivity contribution is -0.253. The molecule has 1 amide bonds. The molecule has 2 aromatic heterocycles. The highest BCUT2D eigenvalue weighted by Crippen LogP contribution is 2.50. The monoisotopic (exact) mass is 534 g/mol. The van der Waals surface area contributed by atoms with Crippen molar-refractivity contribution >= 4 is 16.5 Å². The lowest BCUT2D eigenvalue weighted by Gasteiger charge is -2.32. The second-order valence-corrected chi connectivity index (χ2v) is 12.4. The van der Waals surface area contributed by atoms with Gasteiger partial charge in [0, 0.05) is 47.2 Å². The average Bonchev–Trinajstić information content (AvgIpc) is 3.29. The fourth-order valence-corrected chi connectivity index (χ4v) is 7.03. The smallest absolute Gasteiger partial charge is 0.427 e. The fraction of sp³-hybridized carbons (Fsp3) is 0.609. The zero-order chi connectivity index (χ0) is 26.5. The number of ether oxygens (including phenoxy) is 1. The van der Waals surface area contributed by atoms with Gasteiger partial charge in [0.15, 0.2) is 0 Å². The first-order valence-corrected chi connectivity index (χ1v) is 13.5. The average molecular weight is 535 g/mol. The third-order valence-electron chi connectivity index (χ3n) is 6.61. The van der Waals surface area contributed by atoms with Gasteiger partial charge >= 0.3 is 12.5 Å². The van der Waals surface area contributed by atoms with Crippen molar-refractivity contribution in [3.63, 3.8) is 0 Å². The summed E-state index contributed by atoms with van der Waals surface area (Å²) < 4.78 is 77.9. The number of hydrogen-bond donors (Lipinski definition) is 3. The topological polar surface area (TPSA) is 110 Å². The number of carbonyl (C=O) groups excluding carboxylic acids is 1. The van der Waals surface area contributed by atoms with Crippen molar-refractivity contribution in [3.8, 4) is 17.0 Å². The maximum Gasteiger partial charge on any atom is 0.461 e. The summed E-state index contributed by atoms with van der Waals surface area (Å²) in [6, 6.07) is 1.14. The maximum absolute atomic E-state index is 13.4. The van der Waals surface area contributed by atoms with Gasteiger partial charge in [0.1, 0.15) is 5.75 Å². The highest BCUT2D eigenvalue weighted by atomic mass is 32.3. The molecule has 0 aromatic carbocycles. The number of amides is 1. The Morgan fingerprint density at radius 2 is 2.06 bits per heavy atom. The molecule has 3 N–H and O–H groups in total. The standard InChI is InChI=1S/C23H30F4N4O4S/c1-13(2)31-18-9-14(20(32)29-22(3)6-7-36(33,34)12-22)4-5-17(18)19(30-31)15-8-16(11-28-10-15)35-23(26,27)21(24)25/h8,10-11,13-14,21,33-34H,4-7,9,12H2,1-3H3,(H,29,32). The predicted octanol–water partition coefficient (Wildman–Crippen LogP) is 4.90. The molecule has 3 heterocycles. The van der Waals surface area contributed by atoms with Gasteiger partial charge in [0.05, 0.1) is 23.2 Å². The number of nitrogens with zero attached hydrogens (tertiary/aromatic N) is 3. The number of aromatic nitrogens is 3. The molecule has 1 fully saturated rings. The molecule has 200 valence electrons. The molecule has 1 aliphatic carbocycles. The molecule has 8 nitrogen and oxygen atoms in total. The SMILES string of the molecule is CC(C)n1nc(-c2cncc(OC(F)(F)C(F)F)c2)c2c1CC(C(=O)NC1(C)CCS(O)(O)C1)CC2. The molecule has 2 atom stereocenters. The molecule has 13 heteroatoms. The third kappa shape index (κ3) is 5.47. The highest BCUT2D eigenvalue weighted by molar-refractivity contribution is 8.24. The number of carbonyl (C=O) groups is 1. The van der Waals surface area contributed by atoms with Crippen LogP contribution in [0.3, 0.4) is 0 Å².